The second-order valence-electron chi connectivity index (χ2n) is 8.95. The highest BCUT2D eigenvalue weighted by Gasteiger charge is 2.38. The van der Waals surface area contributed by atoms with Crippen LogP contribution in [-0.4, -0.2) is 57.5 Å². The minimum atomic E-state index is -5.08. The molecule has 208 valence electrons. The van der Waals surface area contributed by atoms with E-state index in [2.05, 4.69) is 32.2 Å². The number of nitrogens with one attached hydrogen (secondary N) is 1. The lowest BCUT2D eigenvalue weighted by molar-refractivity contribution is -0.192. The Morgan fingerprint density at radius 2 is 1.53 bits per heavy atom. The molecule has 1 aliphatic heterocycles. The van der Waals surface area contributed by atoms with Crippen LogP contribution in [0.25, 0.3) is 11.0 Å². The third-order valence-electron chi connectivity index (χ3n) is 6.20. The summed E-state index contributed by atoms with van der Waals surface area (Å²) in [4.78, 5) is 11.5. The number of benzene rings is 2. The SMILES string of the molecule is N=c1n(CCCOc2ccc(Cl)cc2Cl)c2ccccc2n1CCCN1CCCCC1.O=C(O)C(F)(F)F. The number of carboxylic acids is 1. The molecular weight excluding hydrogens is 544 g/mol. The lowest BCUT2D eigenvalue weighted by Crippen LogP contribution is -2.32. The molecule has 38 heavy (non-hydrogen) atoms. The van der Waals surface area contributed by atoms with Crippen LogP contribution in [-0.2, 0) is 17.9 Å². The molecule has 0 amide bonds. The van der Waals surface area contributed by atoms with Gasteiger partial charge in [-0.3, -0.25) is 5.41 Å². The Kier molecular flexibility index (Phi) is 10.9. The number of para-hydroxylation sites is 2. The number of aryl methyl sites for hydroxylation is 2. The first kappa shape index (κ1) is 29.9. The number of fused-ring (bicyclic) bond motifs is 1. The van der Waals surface area contributed by atoms with Crippen LogP contribution in [0.15, 0.2) is 42.5 Å². The molecule has 1 fully saturated rings. The topological polar surface area (TPSA) is 83.5 Å². The van der Waals surface area contributed by atoms with Crippen LogP contribution in [0, 0.1) is 5.41 Å². The highest BCUT2D eigenvalue weighted by molar-refractivity contribution is 6.35. The smallest absolute Gasteiger partial charge is 0.490 e. The molecule has 1 aromatic heterocycles. The van der Waals surface area contributed by atoms with Crippen molar-refractivity contribution < 1.29 is 27.8 Å². The summed E-state index contributed by atoms with van der Waals surface area (Å²) in [5.41, 5.74) is 2.80. The van der Waals surface area contributed by atoms with Gasteiger partial charge in [0.05, 0.1) is 22.7 Å². The molecule has 7 nitrogen and oxygen atoms in total. The van der Waals surface area contributed by atoms with E-state index in [1.54, 1.807) is 18.2 Å². The standard InChI is InChI=1S/C24H30Cl2N4O.C2HF3O2/c25-19-10-11-23(20(26)18-19)31-17-7-16-30-22-9-3-2-8-21(22)29(24(30)27)15-6-14-28-12-4-1-5-13-28;3-2(4,5)1(6)7/h2-3,8-11,18,27H,1,4-7,12-17H2;(H,6,7). The van der Waals surface area contributed by atoms with Crippen molar-refractivity contribution in [1.82, 2.24) is 14.0 Å². The van der Waals surface area contributed by atoms with Crippen molar-refractivity contribution in [1.29, 1.82) is 5.41 Å². The highest BCUT2D eigenvalue weighted by atomic mass is 35.5. The first-order chi connectivity index (χ1) is 18.1. The summed E-state index contributed by atoms with van der Waals surface area (Å²) in [6.45, 7) is 5.68. The summed E-state index contributed by atoms with van der Waals surface area (Å²) in [5, 5.41) is 17.0. The minimum Gasteiger partial charge on any atom is -0.492 e. The zero-order valence-corrected chi connectivity index (χ0v) is 22.3. The van der Waals surface area contributed by atoms with Crippen LogP contribution in [0.5, 0.6) is 5.75 Å². The number of likely N-dealkylation sites (tertiary alicyclic amines) is 1. The number of aliphatic carboxylic acids is 1. The Morgan fingerprint density at radius 1 is 0.947 bits per heavy atom. The predicted octanol–water partition coefficient (Wildman–Crippen LogP) is 6.21. The Bertz CT molecular complexity index is 1270. The van der Waals surface area contributed by atoms with Gasteiger partial charge in [0.1, 0.15) is 5.75 Å². The molecular formula is C26H31Cl2F3N4O3. The van der Waals surface area contributed by atoms with Crippen molar-refractivity contribution in [2.45, 2.75) is 51.4 Å². The van der Waals surface area contributed by atoms with Crippen LogP contribution in [0.3, 0.4) is 0 Å². The maximum atomic E-state index is 10.6. The van der Waals surface area contributed by atoms with E-state index in [0.717, 1.165) is 43.5 Å². The number of rotatable bonds is 9. The minimum absolute atomic E-state index is 0.520. The fraction of sp³-hybridized carbons (Fsp3) is 0.462. The third kappa shape index (κ3) is 8.41. The quantitative estimate of drug-likeness (QED) is 0.298. The largest absolute Gasteiger partial charge is 0.492 e. The molecule has 0 unspecified atom stereocenters. The van der Waals surface area contributed by atoms with E-state index in [1.165, 1.54) is 32.4 Å². The Hall–Kier alpha value is -2.69. The molecule has 0 radical (unpaired) electrons. The van der Waals surface area contributed by atoms with Gasteiger partial charge < -0.3 is 23.9 Å². The molecule has 0 aliphatic carbocycles. The number of hydrogen-bond acceptors (Lipinski definition) is 4. The van der Waals surface area contributed by atoms with E-state index in [-0.39, 0.29) is 0 Å². The zero-order valence-electron chi connectivity index (χ0n) is 20.8. The van der Waals surface area contributed by atoms with Gasteiger partial charge in [-0.05, 0) is 75.6 Å². The summed E-state index contributed by atoms with van der Waals surface area (Å²) in [7, 11) is 0. The lowest BCUT2D eigenvalue weighted by Gasteiger charge is -2.26. The zero-order chi connectivity index (χ0) is 27.7. The van der Waals surface area contributed by atoms with Crippen LogP contribution in [0.1, 0.15) is 32.1 Å². The van der Waals surface area contributed by atoms with E-state index in [1.807, 2.05) is 6.07 Å². The fourth-order valence-corrected chi connectivity index (χ4v) is 4.84. The second-order valence-corrected chi connectivity index (χ2v) is 9.79. The molecule has 2 aromatic carbocycles. The van der Waals surface area contributed by atoms with Crippen LogP contribution < -0.4 is 10.4 Å². The molecule has 2 N–H and O–H groups in total. The van der Waals surface area contributed by atoms with Gasteiger partial charge in [-0.2, -0.15) is 13.2 Å². The molecule has 4 rings (SSSR count). The second kappa shape index (κ2) is 13.9. The number of nitrogens with zero attached hydrogens (tertiary/aromatic N) is 3. The highest BCUT2D eigenvalue weighted by Crippen LogP contribution is 2.27. The van der Waals surface area contributed by atoms with Gasteiger partial charge in [-0.25, -0.2) is 4.79 Å². The maximum absolute atomic E-state index is 10.6. The van der Waals surface area contributed by atoms with Gasteiger partial charge in [-0.15, -0.1) is 0 Å². The molecule has 2 heterocycles. The number of piperidine rings is 1. The van der Waals surface area contributed by atoms with E-state index in [0.29, 0.717) is 28.0 Å². The van der Waals surface area contributed by atoms with Crippen molar-refractivity contribution in [2.75, 3.05) is 26.2 Å². The summed E-state index contributed by atoms with van der Waals surface area (Å²) in [6.07, 6.45) is 0.780. The Morgan fingerprint density at radius 3 is 2.08 bits per heavy atom. The number of imidazole rings is 1. The first-order valence-electron chi connectivity index (χ1n) is 12.4. The number of aromatic nitrogens is 2. The van der Waals surface area contributed by atoms with Crippen molar-refractivity contribution in [2.24, 2.45) is 0 Å². The number of carboxylic acid groups (broad SMARTS) is 1. The van der Waals surface area contributed by atoms with E-state index >= 15 is 0 Å². The van der Waals surface area contributed by atoms with E-state index < -0.39 is 12.1 Å². The number of carbonyl (C=O) groups is 1. The van der Waals surface area contributed by atoms with Crippen molar-refractivity contribution in [3.63, 3.8) is 0 Å². The predicted molar refractivity (Wildman–Crippen MR) is 141 cm³/mol. The molecule has 0 atom stereocenters. The van der Waals surface area contributed by atoms with Crippen LogP contribution in [0.4, 0.5) is 13.2 Å². The Labute approximate surface area is 228 Å². The molecule has 1 saturated heterocycles. The lowest BCUT2D eigenvalue weighted by atomic mass is 10.1. The first-order valence-corrected chi connectivity index (χ1v) is 13.2. The third-order valence-corrected chi connectivity index (χ3v) is 6.73. The summed E-state index contributed by atoms with van der Waals surface area (Å²) >= 11 is 12.1. The van der Waals surface area contributed by atoms with Gasteiger partial charge in [-0.1, -0.05) is 41.8 Å². The maximum Gasteiger partial charge on any atom is 0.490 e. The van der Waals surface area contributed by atoms with Crippen molar-refractivity contribution >= 4 is 40.2 Å². The van der Waals surface area contributed by atoms with Crippen LogP contribution in [0.2, 0.25) is 10.0 Å². The molecule has 0 bridgehead atoms. The fourth-order valence-electron chi connectivity index (χ4n) is 4.38. The number of halogens is 5. The number of ether oxygens (including phenoxy) is 1. The van der Waals surface area contributed by atoms with Gasteiger partial charge >= 0.3 is 12.1 Å². The van der Waals surface area contributed by atoms with Crippen molar-refractivity contribution in [3.8, 4) is 5.75 Å². The van der Waals surface area contributed by atoms with E-state index in [4.69, 9.17) is 43.2 Å². The normalized spacial score (nSPS) is 14.2. The molecule has 0 spiro atoms. The summed E-state index contributed by atoms with van der Waals surface area (Å²) in [5.74, 6) is -2.12. The average molecular weight is 575 g/mol. The van der Waals surface area contributed by atoms with Crippen molar-refractivity contribution in [3.05, 3.63) is 58.1 Å². The van der Waals surface area contributed by atoms with Gasteiger partial charge in [0.2, 0.25) is 5.62 Å². The molecule has 3 aromatic rings. The van der Waals surface area contributed by atoms with Gasteiger partial charge in [0.25, 0.3) is 0 Å². The average Bonchev–Trinajstić information content (AvgIpc) is 3.14. The Balaban J connectivity index is 0.000000505. The molecule has 0 saturated carbocycles. The van der Waals surface area contributed by atoms with Crippen LogP contribution >= 0.6 is 23.2 Å². The van der Waals surface area contributed by atoms with E-state index in [9.17, 15) is 13.2 Å². The number of hydrogen-bond donors (Lipinski definition) is 2. The summed E-state index contributed by atoms with van der Waals surface area (Å²) < 4.78 is 41.8. The number of alkyl halides is 3. The van der Waals surface area contributed by atoms with Gasteiger partial charge in [0, 0.05) is 18.1 Å². The monoisotopic (exact) mass is 574 g/mol. The van der Waals surface area contributed by atoms with Gasteiger partial charge in [0.15, 0.2) is 0 Å². The molecule has 1 aliphatic rings. The molecule has 12 heteroatoms. The summed E-state index contributed by atoms with van der Waals surface area (Å²) in [6, 6.07) is 13.6.